The number of carbonyl (C=O) groups excluding carboxylic acids is 1. The van der Waals surface area contributed by atoms with E-state index in [1.165, 1.54) is 29.5 Å². The second-order valence-electron chi connectivity index (χ2n) is 5.33. The standard InChI is InChI=1S/C17H13ClN2O4S/c18-10-5-6-14(20(23)24)12(7-10)17(22)19-8-15(21)13-9-25-16-4-2-1-3-11(13)16/h1-7,9,15,21H,8H2,(H,19,22). The lowest BCUT2D eigenvalue weighted by Gasteiger charge is -2.12. The average Bonchev–Trinajstić information content (AvgIpc) is 3.03. The molecule has 3 rings (SSSR count). The number of amides is 1. The number of benzene rings is 2. The zero-order chi connectivity index (χ0) is 18.0. The summed E-state index contributed by atoms with van der Waals surface area (Å²) in [6, 6.07) is 11.4. The molecule has 3 aromatic rings. The molecule has 0 aliphatic carbocycles. The minimum atomic E-state index is -0.918. The van der Waals surface area contributed by atoms with E-state index in [1.54, 1.807) is 0 Å². The van der Waals surface area contributed by atoms with E-state index in [0.717, 1.165) is 10.1 Å². The number of nitro benzene ring substituents is 1. The molecular formula is C17H13ClN2O4S. The first-order chi connectivity index (χ1) is 12.0. The number of thiophene rings is 1. The molecular weight excluding hydrogens is 364 g/mol. The number of nitrogens with one attached hydrogen (secondary N) is 1. The normalized spacial score (nSPS) is 12.1. The Balaban J connectivity index is 1.76. The zero-order valence-electron chi connectivity index (χ0n) is 12.8. The van der Waals surface area contributed by atoms with E-state index in [1.807, 2.05) is 29.6 Å². The summed E-state index contributed by atoms with van der Waals surface area (Å²) in [5.74, 6) is -0.659. The molecule has 1 heterocycles. The molecule has 0 spiro atoms. The second kappa shape index (κ2) is 7.18. The molecule has 1 amide bonds. The van der Waals surface area contributed by atoms with E-state index in [0.29, 0.717) is 5.56 Å². The van der Waals surface area contributed by atoms with E-state index >= 15 is 0 Å². The summed E-state index contributed by atoms with van der Waals surface area (Å²) in [4.78, 5) is 22.7. The van der Waals surface area contributed by atoms with Crippen LogP contribution < -0.4 is 5.32 Å². The number of hydrogen-bond acceptors (Lipinski definition) is 5. The van der Waals surface area contributed by atoms with Crippen molar-refractivity contribution in [2.75, 3.05) is 6.54 Å². The predicted octanol–water partition coefficient (Wildman–Crippen LogP) is 3.93. The summed E-state index contributed by atoms with van der Waals surface area (Å²) in [7, 11) is 0. The summed E-state index contributed by atoms with van der Waals surface area (Å²) in [6.07, 6.45) is -0.918. The van der Waals surface area contributed by atoms with Crippen molar-refractivity contribution < 1.29 is 14.8 Å². The van der Waals surface area contributed by atoms with Gasteiger partial charge in [-0.25, -0.2) is 0 Å². The first-order valence-electron chi connectivity index (χ1n) is 7.33. The number of aliphatic hydroxyl groups is 1. The first kappa shape index (κ1) is 17.3. The molecule has 128 valence electrons. The highest BCUT2D eigenvalue weighted by Crippen LogP contribution is 2.30. The summed E-state index contributed by atoms with van der Waals surface area (Å²) in [6.45, 7) is -0.0662. The Kier molecular flexibility index (Phi) is 4.98. The molecule has 0 fully saturated rings. The molecule has 2 N–H and O–H groups in total. The van der Waals surface area contributed by atoms with Gasteiger partial charge in [-0.1, -0.05) is 29.8 Å². The lowest BCUT2D eigenvalue weighted by molar-refractivity contribution is -0.385. The Labute approximate surface area is 151 Å². The minimum Gasteiger partial charge on any atom is -0.387 e. The molecule has 0 saturated heterocycles. The van der Waals surface area contributed by atoms with Crippen LogP contribution in [-0.4, -0.2) is 22.5 Å². The summed E-state index contributed by atoms with van der Waals surface area (Å²) >= 11 is 7.33. The van der Waals surface area contributed by atoms with Crippen LogP contribution in [0.2, 0.25) is 5.02 Å². The van der Waals surface area contributed by atoms with Gasteiger partial charge in [0.05, 0.1) is 11.0 Å². The first-order valence-corrected chi connectivity index (χ1v) is 8.59. The molecule has 25 heavy (non-hydrogen) atoms. The largest absolute Gasteiger partial charge is 0.387 e. The molecule has 0 saturated carbocycles. The van der Waals surface area contributed by atoms with Gasteiger partial charge in [0, 0.05) is 27.9 Å². The third-order valence-corrected chi connectivity index (χ3v) is 4.94. The molecule has 1 unspecified atom stereocenters. The fraction of sp³-hybridized carbons (Fsp3) is 0.118. The van der Waals surface area contributed by atoms with E-state index in [2.05, 4.69) is 5.32 Å². The van der Waals surface area contributed by atoms with Gasteiger partial charge in [0.25, 0.3) is 11.6 Å². The maximum absolute atomic E-state index is 12.3. The number of fused-ring (bicyclic) bond motifs is 1. The highest BCUT2D eigenvalue weighted by molar-refractivity contribution is 7.17. The van der Waals surface area contributed by atoms with Crippen LogP contribution in [0.4, 0.5) is 5.69 Å². The molecule has 0 bridgehead atoms. The summed E-state index contributed by atoms with van der Waals surface area (Å²) in [5.41, 5.74) is 0.235. The Bertz CT molecular complexity index is 957. The number of carbonyl (C=O) groups is 1. The van der Waals surface area contributed by atoms with E-state index in [9.17, 15) is 20.0 Å². The molecule has 2 aromatic carbocycles. The highest BCUT2D eigenvalue weighted by atomic mass is 35.5. The molecule has 0 aliphatic rings. The van der Waals surface area contributed by atoms with Gasteiger partial charge < -0.3 is 10.4 Å². The van der Waals surface area contributed by atoms with Crippen LogP contribution in [-0.2, 0) is 0 Å². The zero-order valence-corrected chi connectivity index (χ0v) is 14.4. The van der Waals surface area contributed by atoms with Gasteiger partial charge in [0.1, 0.15) is 5.56 Å². The van der Waals surface area contributed by atoms with Crippen LogP contribution in [0.15, 0.2) is 47.8 Å². The molecule has 0 aliphatic heterocycles. The van der Waals surface area contributed by atoms with Gasteiger partial charge in [0.15, 0.2) is 0 Å². The van der Waals surface area contributed by atoms with E-state index in [4.69, 9.17) is 11.6 Å². The molecule has 1 aromatic heterocycles. The lowest BCUT2D eigenvalue weighted by Crippen LogP contribution is -2.28. The highest BCUT2D eigenvalue weighted by Gasteiger charge is 2.21. The number of halogens is 1. The smallest absolute Gasteiger partial charge is 0.282 e. The van der Waals surface area contributed by atoms with Crippen molar-refractivity contribution in [3.63, 3.8) is 0 Å². The van der Waals surface area contributed by atoms with Crippen molar-refractivity contribution >= 4 is 44.6 Å². The van der Waals surface area contributed by atoms with Gasteiger partial charge >= 0.3 is 0 Å². The van der Waals surface area contributed by atoms with Crippen LogP contribution in [0.25, 0.3) is 10.1 Å². The topological polar surface area (TPSA) is 92.5 Å². The number of nitro groups is 1. The van der Waals surface area contributed by atoms with E-state index in [-0.39, 0.29) is 22.8 Å². The van der Waals surface area contributed by atoms with Gasteiger partial charge in [-0.05, 0) is 29.0 Å². The number of rotatable bonds is 5. The van der Waals surface area contributed by atoms with Gasteiger partial charge in [-0.15, -0.1) is 11.3 Å². The number of nitrogens with zero attached hydrogens (tertiary/aromatic N) is 1. The second-order valence-corrected chi connectivity index (χ2v) is 6.68. The van der Waals surface area contributed by atoms with Gasteiger partial charge in [-0.2, -0.15) is 0 Å². The fourth-order valence-electron chi connectivity index (χ4n) is 2.50. The third kappa shape index (κ3) is 3.63. The molecule has 6 nitrogen and oxygen atoms in total. The SMILES string of the molecule is O=C(NCC(O)c1csc2ccccc12)c1cc(Cl)ccc1[N+](=O)[O-]. The monoisotopic (exact) mass is 376 g/mol. The summed E-state index contributed by atoms with van der Waals surface area (Å²) in [5, 5.41) is 26.9. The quantitative estimate of drug-likeness (QED) is 0.521. The maximum Gasteiger partial charge on any atom is 0.282 e. The Morgan fingerprint density at radius 2 is 2.08 bits per heavy atom. The van der Waals surface area contributed by atoms with Crippen molar-refractivity contribution in [3.8, 4) is 0 Å². The Hall–Kier alpha value is -2.48. The lowest BCUT2D eigenvalue weighted by atomic mass is 10.1. The number of hydrogen-bond donors (Lipinski definition) is 2. The fourth-order valence-corrected chi connectivity index (χ4v) is 3.68. The summed E-state index contributed by atoms with van der Waals surface area (Å²) < 4.78 is 1.04. The van der Waals surface area contributed by atoms with Crippen molar-refractivity contribution in [1.82, 2.24) is 5.32 Å². The molecule has 1 atom stereocenters. The Morgan fingerprint density at radius 3 is 2.84 bits per heavy atom. The molecule has 0 radical (unpaired) electrons. The maximum atomic E-state index is 12.3. The van der Waals surface area contributed by atoms with E-state index < -0.39 is 16.9 Å². The third-order valence-electron chi connectivity index (χ3n) is 3.73. The van der Waals surface area contributed by atoms with Gasteiger partial charge in [-0.3, -0.25) is 14.9 Å². The van der Waals surface area contributed by atoms with Crippen LogP contribution in [0.3, 0.4) is 0 Å². The van der Waals surface area contributed by atoms with Crippen LogP contribution in [0, 0.1) is 10.1 Å². The van der Waals surface area contributed by atoms with Crippen molar-refractivity contribution in [2.45, 2.75) is 6.10 Å². The predicted molar refractivity (Wildman–Crippen MR) is 97.2 cm³/mol. The van der Waals surface area contributed by atoms with Crippen LogP contribution >= 0.6 is 22.9 Å². The number of aliphatic hydroxyl groups excluding tert-OH is 1. The average molecular weight is 377 g/mol. The van der Waals surface area contributed by atoms with Crippen molar-refractivity contribution in [3.05, 3.63) is 74.1 Å². The van der Waals surface area contributed by atoms with Crippen LogP contribution in [0.5, 0.6) is 0 Å². The minimum absolute atomic E-state index is 0.0662. The molecule has 8 heteroatoms. The van der Waals surface area contributed by atoms with Gasteiger partial charge in [0.2, 0.25) is 0 Å². The van der Waals surface area contributed by atoms with Crippen molar-refractivity contribution in [1.29, 1.82) is 0 Å². The Morgan fingerprint density at radius 1 is 1.32 bits per heavy atom. The van der Waals surface area contributed by atoms with Crippen LogP contribution in [0.1, 0.15) is 22.0 Å². The van der Waals surface area contributed by atoms with Crippen molar-refractivity contribution in [2.24, 2.45) is 0 Å².